The monoisotopic (exact) mass is 318 g/mol. The fraction of sp³-hybridized carbons (Fsp3) is 0.562. The standard InChI is InChI=1S/C16H22N4O3/c1-11-3-2-7-20(13(11)9-17)15(21)5-4-14-18-16(19-23-14)12-6-8-22-10-12/h6,8,10-11,13H,2-5,7,9,17H2,1H3. The number of hydrogen-bond donors (Lipinski definition) is 1. The van der Waals surface area contributed by atoms with Crippen LogP contribution < -0.4 is 5.73 Å². The van der Waals surface area contributed by atoms with Gasteiger partial charge in [-0.1, -0.05) is 12.1 Å². The van der Waals surface area contributed by atoms with Gasteiger partial charge in [-0.3, -0.25) is 4.79 Å². The average Bonchev–Trinajstić information content (AvgIpc) is 3.23. The minimum Gasteiger partial charge on any atom is -0.472 e. The number of aromatic nitrogens is 2. The molecule has 1 saturated heterocycles. The summed E-state index contributed by atoms with van der Waals surface area (Å²) in [5, 5.41) is 3.90. The Balaban J connectivity index is 1.58. The number of nitrogens with zero attached hydrogens (tertiary/aromatic N) is 3. The van der Waals surface area contributed by atoms with Crippen LogP contribution in [0, 0.1) is 5.92 Å². The molecule has 124 valence electrons. The Morgan fingerprint density at radius 1 is 1.52 bits per heavy atom. The van der Waals surface area contributed by atoms with Crippen LogP contribution >= 0.6 is 0 Å². The highest BCUT2D eigenvalue weighted by Crippen LogP contribution is 2.23. The number of furan rings is 1. The fourth-order valence-corrected chi connectivity index (χ4v) is 3.14. The summed E-state index contributed by atoms with van der Waals surface area (Å²) in [7, 11) is 0. The van der Waals surface area contributed by atoms with Gasteiger partial charge in [0.25, 0.3) is 0 Å². The van der Waals surface area contributed by atoms with Gasteiger partial charge in [-0.15, -0.1) is 0 Å². The van der Waals surface area contributed by atoms with Crippen molar-refractivity contribution in [3.63, 3.8) is 0 Å². The summed E-state index contributed by atoms with van der Waals surface area (Å²) < 4.78 is 10.2. The van der Waals surface area contributed by atoms with Gasteiger partial charge in [0.15, 0.2) is 0 Å². The molecule has 0 saturated carbocycles. The molecule has 1 aliphatic heterocycles. The van der Waals surface area contributed by atoms with Gasteiger partial charge in [0.1, 0.15) is 6.26 Å². The molecular formula is C16H22N4O3. The number of amides is 1. The average molecular weight is 318 g/mol. The quantitative estimate of drug-likeness (QED) is 0.903. The molecule has 7 heteroatoms. The molecule has 3 rings (SSSR count). The van der Waals surface area contributed by atoms with E-state index < -0.39 is 0 Å². The number of aryl methyl sites for hydroxylation is 1. The zero-order chi connectivity index (χ0) is 16.2. The van der Waals surface area contributed by atoms with E-state index in [9.17, 15) is 4.79 Å². The smallest absolute Gasteiger partial charge is 0.227 e. The maximum atomic E-state index is 12.5. The number of carbonyl (C=O) groups excluding carboxylic acids is 1. The molecule has 0 bridgehead atoms. The lowest BCUT2D eigenvalue weighted by atomic mass is 9.90. The van der Waals surface area contributed by atoms with Crippen molar-refractivity contribution in [2.45, 2.75) is 38.6 Å². The van der Waals surface area contributed by atoms with Gasteiger partial charge in [0.2, 0.25) is 17.6 Å². The molecule has 1 amide bonds. The SMILES string of the molecule is CC1CCCN(C(=O)CCc2nc(-c3ccoc3)no2)C1CN. The van der Waals surface area contributed by atoms with E-state index in [1.54, 1.807) is 18.6 Å². The molecule has 3 heterocycles. The highest BCUT2D eigenvalue weighted by atomic mass is 16.5. The molecule has 2 atom stereocenters. The molecule has 2 N–H and O–H groups in total. The molecule has 1 aliphatic rings. The van der Waals surface area contributed by atoms with E-state index in [1.165, 1.54) is 0 Å². The molecule has 0 spiro atoms. The minimum absolute atomic E-state index is 0.107. The highest BCUT2D eigenvalue weighted by Gasteiger charge is 2.30. The first kappa shape index (κ1) is 15.7. The Kier molecular flexibility index (Phi) is 4.76. The third-order valence-corrected chi connectivity index (χ3v) is 4.48. The molecule has 2 unspecified atom stereocenters. The lowest BCUT2D eigenvalue weighted by Gasteiger charge is -2.39. The Morgan fingerprint density at radius 3 is 3.13 bits per heavy atom. The summed E-state index contributed by atoms with van der Waals surface area (Å²) in [6, 6.07) is 1.90. The number of hydrogen-bond acceptors (Lipinski definition) is 6. The van der Waals surface area contributed by atoms with Gasteiger partial charge >= 0.3 is 0 Å². The number of piperidine rings is 1. The van der Waals surface area contributed by atoms with E-state index >= 15 is 0 Å². The third kappa shape index (κ3) is 3.44. The van der Waals surface area contributed by atoms with E-state index in [0.29, 0.717) is 37.0 Å². The van der Waals surface area contributed by atoms with E-state index in [0.717, 1.165) is 24.9 Å². The van der Waals surface area contributed by atoms with Crippen LogP contribution in [0.2, 0.25) is 0 Å². The van der Waals surface area contributed by atoms with Gasteiger partial charge in [-0.2, -0.15) is 4.98 Å². The van der Waals surface area contributed by atoms with Crippen LogP contribution in [0.3, 0.4) is 0 Å². The van der Waals surface area contributed by atoms with Crippen LogP contribution in [0.4, 0.5) is 0 Å². The zero-order valence-corrected chi connectivity index (χ0v) is 13.3. The summed E-state index contributed by atoms with van der Waals surface area (Å²) in [5.74, 6) is 1.50. The first-order valence-corrected chi connectivity index (χ1v) is 8.03. The maximum Gasteiger partial charge on any atom is 0.227 e. The van der Waals surface area contributed by atoms with Crippen molar-refractivity contribution in [2.75, 3.05) is 13.1 Å². The van der Waals surface area contributed by atoms with Gasteiger partial charge in [-0.25, -0.2) is 0 Å². The molecule has 0 aromatic carbocycles. The summed E-state index contributed by atoms with van der Waals surface area (Å²) in [6.07, 6.45) is 6.07. The predicted octanol–water partition coefficient (Wildman–Crippen LogP) is 1.85. The van der Waals surface area contributed by atoms with Crippen LogP contribution in [0.1, 0.15) is 32.1 Å². The van der Waals surface area contributed by atoms with E-state index in [4.69, 9.17) is 14.7 Å². The number of likely N-dealkylation sites (tertiary alicyclic amines) is 1. The lowest BCUT2D eigenvalue weighted by Crippen LogP contribution is -2.51. The molecule has 23 heavy (non-hydrogen) atoms. The second kappa shape index (κ2) is 6.95. The highest BCUT2D eigenvalue weighted by molar-refractivity contribution is 5.76. The van der Waals surface area contributed by atoms with Crippen LogP contribution in [-0.4, -0.2) is 40.1 Å². The minimum atomic E-state index is 0.107. The molecular weight excluding hydrogens is 296 g/mol. The van der Waals surface area contributed by atoms with E-state index in [1.807, 2.05) is 4.90 Å². The number of rotatable bonds is 5. The van der Waals surface area contributed by atoms with Gasteiger partial charge < -0.3 is 19.6 Å². The van der Waals surface area contributed by atoms with Crippen molar-refractivity contribution < 1.29 is 13.7 Å². The summed E-state index contributed by atoms with van der Waals surface area (Å²) >= 11 is 0. The third-order valence-electron chi connectivity index (χ3n) is 4.48. The normalized spacial score (nSPS) is 21.6. The Morgan fingerprint density at radius 2 is 2.39 bits per heavy atom. The van der Waals surface area contributed by atoms with Crippen LogP contribution in [0.25, 0.3) is 11.4 Å². The van der Waals surface area contributed by atoms with Gasteiger partial charge in [0.05, 0.1) is 11.8 Å². The second-order valence-corrected chi connectivity index (χ2v) is 6.03. The number of nitrogens with two attached hydrogens (primary N) is 1. The molecule has 2 aromatic heterocycles. The summed E-state index contributed by atoms with van der Waals surface area (Å²) in [4.78, 5) is 18.7. The Labute approximate surface area is 134 Å². The molecule has 2 aromatic rings. The Hall–Kier alpha value is -2.15. The van der Waals surface area contributed by atoms with Crippen LogP contribution in [-0.2, 0) is 11.2 Å². The number of carbonyl (C=O) groups is 1. The lowest BCUT2D eigenvalue weighted by molar-refractivity contribution is -0.136. The summed E-state index contributed by atoms with van der Waals surface area (Å²) in [6.45, 7) is 3.46. The van der Waals surface area contributed by atoms with Crippen molar-refractivity contribution in [1.29, 1.82) is 0 Å². The molecule has 1 fully saturated rings. The van der Waals surface area contributed by atoms with Gasteiger partial charge in [0, 0.05) is 32.0 Å². The second-order valence-electron chi connectivity index (χ2n) is 6.03. The summed E-state index contributed by atoms with van der Waals surface area (Å²) in [5.41, 5.74) is 6.61. The maximum absolute atomic E-state index is 12.5. The van der Waals surface area contributed by atoms with Crippen molar-refractivity contribution >= 4 is 5.91 Å². The predicted molar refractivity (Wildman–Crippen MR) is 83.3 cm³/mol. The van der Waals surface area contributed by atoms with Crippen molar-refractivity contribution in [3.05, 3.63) is 24.5 Å². The molecule has 7 nitrogen and oxygen atoms in total. The zero-order valence-electron chi connectivity index (χ0n) is 13.3. The van der Waals surface area contributed by atoms with Crippen LogP contribution in [0.5, 0.6) is 0 Å². The Bertz CT molecular complexity index is 638. The molecule has 0 aliphatic carbocycles. The first-order valence-electron chi connectivity index (χ1n) is 8.03. The first-order chi connectivity index (χ1) is 11.2. The van der Waals surface area contributed by atoms with Crippen molar-refractivity contribution in [2.24, 2.45) is 11.7 Å². The van der Waals surface area contributed by atoms with Crippen molar-refractivity contribution in [1.82, 2.24) is 15.0 Å². The fourth-order valence-electron chi connectivity index (χ4n) is 3.14. The molecule has 0 radical (unpaired) electrons. The topological polar surface area (TPSA) is 98.4 Å². The van der Waals surface area contributed by atoms with Crippen molar-refractivity contribution in [3.8, 4) is 11.4 Å². The van der Waals surface area contributed by atoms with E-state index in [-0.39, 0.29) is 11.9 Å². The van der Waals surface area contributed by atoms with Crippen LogP contribution in [0.15, 0.2) is 27.5 Å². The van der Waals surface area contributed by atoms with E-state index in [2.05, 4.69) is 17.1 Å². The largest absolute Gasteiger partial charge is 0.472 e. The van der Waals surface area contributed by atoms with Gasteiger partial charge in [-0.05, 0) is 24.8 Å².